The highest BCUT2D eigenvalue weighted by atomic mass is 16.2. The van der Waals surface area contributed by atoms with Crippen LogP contribution >= 0.6 is 0 Å². The van der Waals surface area contributed by atoms with Crippen LogP contribution in [0.5, 0.6) is 0 Å². The number of hydrogen-bond acceptors (Lipinski definition) is 4. The van der Waals surface area contributed by atoms with Gasteiger partial charge in [0.15, 0.2) is 0 Å². The molecular weight excluding hydrogens is 476 g/mol. The lowest BCUT2D eigenvalue weighted by Crippen LogP contribution is -2.31. The molecule has 3 heterocycles. The molecule has 194 valence electrons. The van der Waals surface area contributed by atoms with Crippen molar-refractivity contribution in [2.45, 2.75) is 32.2 Å². The summed E-state index contributed by atoms with van der Waals surface area (Å²) in [6.07, 6.45) is 4.08. The van der Waals surface area contributed by atoms with Gasteiger partial charge in [-0.25, -0.2) is 9.78 Å². The summed E-state index contributed by atoms with van der Waals surface area (Å²) < 4.78 is 5.31. The predicted octanol–water partition coefficient (Wildman–Crippen LogP) is 4.45. The lowest BCUT2D eigenvalue weighted by atomic mass is 10.1. The Morgan fingerprint density at radius 3 is 2.32 bits per heavy atom. The maximum atomic E-state index is 13.6. The van der Waals surface area contributed by atoms with Gasteiger partial charge in [0.25, 0.3) is 0 Å². The molecule has 5 aromatic rings. The van der Waals surface area contributed by atoms with Gasteiger partial charge in [-0.05, 0) is 49.1 Å². The lowest BCUT2D eigenvalue weighted by molar-refractivity contribution is -0.116. The Morgan fingerprint density at radius 1 is 0.868 bits per heavy atom. The molecule has 0 saturated carbocycles. The number of imidazole rings is 2. The zero-order valence-electron chi connectivity index (χ0n) is 21.9. The normalized spacial score (nSPS) is 13.9. The molecule has 0 unspecified atom stereocenters. The molecule has 1 aliphatic heterocycles. The van der Waals surface area contributed by atoms with E-state index < -0.39 is 0 Å². The van der Waals surface area contributed by atoms with E-state index in [0.717, 1.165) is 70.8 Å². The van der Waals surface area contributed by atoms with Gasteiger partial charge in [0, 0.05) is 33.6 Å². The van der Waals surface area contributed by atoms with E-state index in [1.807, 2.05) is 59.2 Å². The van der Waals surface area contributed by atoms with Crippen LogP contribution in [0.4, 0.5) is 11.4 Å². The molecule has 0 atom stereocenters. The summed E-state index contributed by atoms with van der Waals surface area (Å²) in [4.78, 5) is 33.4. The highest BCUT2D eigenvalue weighted by molar-refractivity contribution is 5.99. The lowest BCUT2D eigenvalue weighted by Gasteiger charge is -2.30. The molecule has 8 heteroatoms. The summed E-state index contributed by atoms with van der Waals surface area (Å²) in [6, 6.07) is 22.1. The summed E-state index contributed by atoms with van der Waals surface area (Å²) in [7, 11) is 3.56. The van der Waals surface area contributed by atoms with Crippen LogP contribution in [0.2, 0.25) is 0 Å². The second-order valence-corrected chi connectivity index (χ2v) is 10.1. The first kappa shape index (κ1) is 24.0. The van der Waals surface area contributed by atoms with E-state index in [2.05, 4.69) is 22.3 Å². The van der Waals surface area contributed by atoms with Gasteiger partial charge < -0.3 is 14.8 Å². The monoisotopic (exact) mass is 508 g/mol. The maximum Gasteiger partial charge on any atom is 0.328 e. The van der Waals surface area contributed by atoms with Crippen molar-refractivity contribution in [1.29, 1.82) is 0 Å². The van der Waals surface area contributed by atoms with Gasteiger partial charge in [0.05, 0.1) is 33.4 Å². The highest BCUT2D eigenvalue weighted by Gasteiger charge is 2.21. The predicted molar refractivity (Wildman–Crippen MR) is 152 cm³/mol. The Balaban J connectivity index is 1.36. The molecular formula is C30H32N6O2. The molecule has 2 aromatic heterocycles. The molecule has 1 amide bonds. The summed E-state index contributed by atoms with van der Waals surface area (Å²) in [5, 5.41) is 3.20. The second kappa shape index (κ2) is 9.85. The van der Waals surface area contributed by atoms with E-state index in [1.54, 1.807) is 23.2 Å². The number of nitrogens with zero attached hydrogens (tertiary/aromatic N) is 5. The molecule has 6 rings (SSSR count). The molecule has 38 heavy (non-hydrogen) atoms. The number of benzene rings is 3. The molecule has 1 N–H and O–H groups in total. The summed E-state index contributed by atoms with van der Waals surface area (Å²) in [5.74, 6) is 0.728. The van der Waals surface area contributed by atoms with E-state index in [4.69, 9.17) is 4.98 Å². The number of para-hydroxylation sites is 2. The number of carbonyl (C=O) groups is 1. The van der Waals surface area contributed by atoms with Crippen molar-refractivity contribution >= 4 is 39.3 Å². The summed E-state index contributed by atoms with van der Waals surface area (Å²) in [5.41, 5.74) is 6.24. The maximum absolute atomic E-state index is 13.6. The molecule has 1 saturated heterocycles. The zero-order chi connectivity index (χ0) is 26.2. The van der Waals surface area contributed by atoms with E-state index in [-0.39, 0.29) is 18.1 Å². The minimum atomic E-state index is -0.124. The fourth-order valence-corrected chi connectivity index (χ4v) is 5.58. The highest BCUT2D eigenvalue weighted by Crippen LogP contribution is 2.33. The van der Waals surface area contributed by atoms with E-state index in [9.17, 15) is 9.59 Å². The quantitative estimate of drug-likeness (QED) is 0.368. The van der Waals surface area contributed by atoms with Gasteiger partial charge in [-0.1, -0.05) is 42.5 Å². The molecule has 0 aliphatic carbocycles. The number of piperidine rings is 1. The molecule has 0 bridgehead atoms. The first-order chi connectivity index (χ1) is 18.5. The van der Waals surface area contributed by atoms with Gasteiger partial charge >= 0.3 is 5.69 Å². The van der Waals surface area contributed by atoms with Crippen LogP contribution < -0.4 is 15.9 Å². The number of aromatic nitrogens is 4. The van der Waals surface area contributed by atoms with Crippen LogP contribution in [0.3, 0.4) is 0 Å². The number of amides is 1. The Kier molecular flexibility index (Phi) is 6.23. The van der Waals surface area contributed by atoms with E-state index in [0.29, 0.717) is 6.42 Å². The van der Waals surface area contributed by atoms with Crippen molar-refractivity contribution in [2.24, 2.45) is 14.1 Å². The van der Waals surface area contributed by atoms with Crippen LogP contribution in [-0.2, 0) is 31.9 Å². The second-order valence-electron chi connectivity index (χ2n) is 10.1. The van der Waals surface area contributed by atoms with Gasteiger partial charge in [0.1, 0.15) is 12.4 Å². The fraction of sp³-hybridized carbons (Fsp3) is 0.300. The third-order valence-corrected chi connectivity index (χ3v) is 7.60. The van der Waals surface area contributed by atoms with E-state index >= 15 is 0 Å². The Morgan fingerprint density at radius 2 is 1.55 bits per heavy atom. The number of carbonyl (C=O) groups excluding carboxylic acids is 1. The average Bonchev–Trinajstić information content (AvgIpc) is 3.38. The van der Waals surface area contributed by atoms with Crippen molar-refractivity contribution in [3.63, 3.8) is 0 Å². The van der Waals surface area contributed by atoms with Crippen LogP contribution in [0, 0.1) is 0 Å². The number of aryl methyl sites for hydroxylation is 2. The van der Waals surface area contributed by atoms with Gasteiger partial charge in [-0.15, -0.1) is 0 Å². The Bertz CT molecular complexity index is 1690. The standard InChI is InChI=1S/C30H32N6O2/c1-33-26-18-23(25(35-15-9-4-10-16-35)19-27(26)34(2)30(33)38)32-29(37)20-36-24-14-8-7-13-22(24)31-28(36)17-21-11-5-3-6-12-21/h3,5-8,11-14,18-19H,4,9-10,15-17,20H2,1-2H3,(H,32,37). The zero-order valence-corrected chi connectivity index (χ0v) is 21.9. The van der Waals surface area contributed by atoms with Crippen LogP contribution in [0.15, 0.2) is 71.5 Å². The van der Waals surface area contributed by atoms with Crippen molar-refractivity contribution < 1.29 is 4.79 Å². The Hall–Kier alpha value is -4.33. The SMILES string of the molecule is Cn1c(=O)n(C)c2cc(N3CCCCC3)c(NC(=O)Cn3c(Cc4ccccc4)nc4ccccc43)cc21. The largest absolute Gasteiger partial charge is 0.370 e. The van der Waals surface area contributed by atoms with Gasteiger partial charge in [0.2, 0.25) is 5.91 Å². The topological polar surface area (TPSA) is 77.1 Å². The molecule has 0 spiro atoms. The van der Waals surface area contributed by atoms with E-state index in [1.165, 1.54) is 6.42 Å². The fourth-order valence-electron chi connectivity index (χ4n) is 5.58. The number of rotatable bonds is 6. The number of fused-ring (bicyclic) bond motifs is 2. The van der Waals surface area contributed by atoms with Gasteiger partial charge in [-0.3, -0.25) is 13.9 Å². The molecule has 0 radical (unpaired) electrons. The van der Waals surface area contributed by atoms with Crippen molar-refractivity contribution in [2.75, 3.05) is 23.3 Å². The minimum absolute atomic E-state index is 0.0801. The van der Waals surface area contributed by atoms with Crippen molar-refractivity contribution in [1.82, 2.24) is 18.7 Å². The molecule has 1 fully saturated rings. The van der Waals surface area contributed by atoms with Gasteiger partial charge in [-0.2, -0.15) is 0 Å². The minimum Gasteiger partial charge on any atom is -0.370 e. The first-order valence-corrected chi connectivity index (χ1v) is 13.2. The third kappa shape index (κ3) is 4.36. The molecule has 8 nitrogen and oxygen atoms in total. The number of nitrogens with one attached hydrogen (secondary N) is 1. The van der Waals surface area contributed by atoms with Crippen molar-refractivity contribution in [3.05, 3.63) is 88.6 Å². The van der Waals surface area contributed by atoms with Crippen LogP contribution in [-0.4, -0.2) is 37.7 Å². The van der Waals surface area contributed by atoms with Crippen LogP contribution in [0.25, 0.3) is 22.1 Å². The third-order valence-electron chi connectivity index (χ3n) is 7.60. The smallest absolute Gasteiger partial charge is 0.328 e. The van der Waals surface area contributed by atoms with Crippen molar-refractivity contribution in [3.8, 4) is 0 Å². The van der Waals surface area contributed by atoms with Crippen LogP contribution in [0.1, 0.15) is 30.7 Å². The Labute approximate surface area is 221 Å². The summed E-state index contributed by atoms with van der Waals surface area (Å²) in [6.45, 7) is 2.01. The molecule has 1 aliphatic rings. The first-order valence-electron chi connectivity index (χ1n) is 13.2. The average molecular weight is 509 g/mol. The number of hydrogen-bond donors (Lipinski definition) is 1. The number of anilines is 2. The molecule has 3 aromatic carbocycles. The summed E-state index contributed by atoms with van der Waals surface area (Å²) >= 11 is 0.